The summed E-state index contributed by atoms with van der Waals surface area (Å²) in [5, 5.41) is 7.99. The highest BCUT2D eigenvalue weighted by atomic mass is 79.9. The Morgan fingerprint density at radius 2 is 2.12 bits per heavy atom. The van der Waals surface area contributed by atoms with E-state index in [1.54, 1.807) is 7.11 Å². The number of hydrogen-bond donors (Lipinski definition) is 1. The SMILES string of the molecule is COc1ccc(C2=NN=C(N)CC2)cc1Br. The van der Waals surface area contributed by atoms with Crippen LogP contribution in [0.3, 0.4) is 0 Å². The number of hydrogen-bond acceptors (Lipinski definition) is 4. The fraction of sp³-hybridized carbons (Fsp3) is 0.273. The van der Waals surface area contributed by atoms with Gasteiger partial charge in [-0.1, -0.05) is 0 Å². The minimum absolute atomic E-state index is 0.594. The summed E-state index contributed by atoms with van der Waals surface area (Å²) in [6.07, 6.45) is 1.59. The Morgan fingerprint density at radius 3 is 2.69 bits per heavy atom. The lowest BCUT2D eigenvalue weighted by atomic mass is 10.0. The van der Waals surface area contributed by atoms with Crippen LogP contribution in [0.25, 0.3) is 0 Å². The second-order valence-corrected chi connectivity index (χ2v) is 4.34. The molecule has 16 heavy (non-hydrogen) atoms. The first-order valence-electron chi connectivity index (χ1n) is 4.93. The van der Waals surface area contributed by atoms with Gasteiger partial charge in [0, 0.05) is 6.42 Å². The number of nitrogens with zero attached hydrogens (tertiary/aromatic N) is 2. The van der Waals surface area contributed by atoms with Crippen molar-refractivity contribution in [1.82, 2.24) is 0 Å². The van der Waals surface area contributed by atoms with E-state index in [0.29, 0.717) is 5.84 Å². The summed E-state index contributed by atoms with van der Waals surface area (Å²) in [7, 11) is 1.64. The maximum atomic E-state index is 5.56. The third kappa shape index (κ3) is 2.24. The minimum atomic E-state index is 0.594. The van der Waals surface area contributed by atoms with Crippen LogP contribution in [0.1, 0.15) is 18.4 Å². The molecule has 2 N–H and O–H groups in total. The molecule has 0 saturated heterocycles. The third-order valence-electron chi connectivity index (χ3n) is 2.40. The van der Waals surface area contributed by atoms with Gasteiger partial charge in [-0.3, -0.25) is 0 Å². The smallest absolute Gasteiger partial charge is 0.133 e. The van der Waals surface area contributed by atoms with Crippen molar-refractivity contribution in [2.75, 3.05) is 7.11 Å². The molecule has 0 amide bonds. The van der Waals surface area contributed by atoms with Crippen LogP contribution >= 0.6 is 15.9 Å². The molecule has 0 atom stereocenters. The molecule has 5 heteroatoms. The Morgan fingerprint density at radius 1 is 1.31 bits per heavy atom. The van der Waals surface area contributed by atoms with E-state index in [-0.39, 0.29) is 0 Å². The van der Waals surface area contributed by atoms with Gasteiger partial charge >= 0.3 is 0 Å². The average molecular weight is 282 g/mol. The quantitative estimate of drug-likeness (QED) is 0.904. The predicted molar refractivity (Wildman–Crippen MR) is 68.1 cm³/mol. The van der Waals surface area contributed by atoms with E-state index in [9.17, 15) is 0 Å². The molecular formula is C11H12BrN3O. The van der Waals surface area contributed by atoms with Crippen LogP contribution in [0.2, 0.25) is 0 Å². The van der Waals surface area contributed by atoms with Crippen molar-refractivity contribution in [3.63, 3.8) is 0 Å². The van der Waals surface area contributed by atoms with Crippen molar-refractivity contribution >= 4 is 27.5 Å². The van der Waals surface area contributed by atoms with E-state index in [1.807, 2.05) is 18.2 Å². The highest BCUT2D eigenvalue weighted by Gasteiger charge is 2.11. The number of benzene rings is 1. The molecule has 0 spiro atoms. The lowest BCUT2D eigenvalue weighted by Gasteiger charge is -2.11. The Hall–Kier alpha value is -1.36. The summed E-state index contributed by atoms with van der Waals surface area (Å²) in [4.78, 5) is 0. The molecule has 0 fully saturated rings. The van der Waals surface area contributed by atoms with Crippen LogP contribution in [-0.2, 0) is 0 Å². The fourth-order valence-corrected chi connectivity index (χ4v) is 2.06. The first-order chi connectivity index (χ1) is 7.70. The highest BCUT2D eigenvalue weighted by Crippen LogP contribution is 2.26. The zero-order valence-corrected chi connectivity index (χ0v) is 10.5. The van der Waals surface area contributed by atoms with Gasteiger partial charge in [-0.15, -0.1) is 5.10 Å². The molecule has 0 bridgehead atoms. The predicted octanol–water partition coefficient (Wildman–Crippen LogP) is 2.31. The summed E-state index contributed by atoms with van der Waals surface area (Å²) < 4.78 is 6.08. The van der Waals surface area contributed by atoms with E-state index < -0.39 is 0 Å². The molecule has 0 aliphatic carbocycles. The lowest BCUT2D eigenvalue weighted by Crippen LogP contribution is -2.17. The Bertz CT molecular complexity index is 468. The minimum Gasteiger partial charge on any atom is -0.496 e. The van der Waals surface area contributed by atoms with Gasteiger partial charge in [0.2, 0.25) is 0 Å². The van der Waals surface area contributed by atoms with E-state index in [2.05, 4.69) is 26.1 Å². The second-order valence-electron chi connectivity index (χ2n) is 3.49. The molecule has 1 heterocycles. The molecule has 1 aromatic carbocycles. The molecule has 0 aromatic heterocycles. The number of rotatable bonds is 2. The third-order valence-corrected chi connectivity index (χ3v) is 3.02. The van der Waals surface area contributed by atoms with Crippen molar-refractivity contribution in [3.8, 4) is 5.75 Å². The van der Waals surface area contributed by atoms with Crippen molar-refractivity contribution in [2.24, 2.45) is 15.9 Å². The standard InChI is InChI=1S/C11H12BrN3O/c1-16-10-4-2-7(6-8(10)12)9-3-5-11(13)15-14-9/h2,4,6H,3,5H2,1H3,(H2,13,15). The summed E-state index contributed by atoms with van der Waals surface area (Å²) in [5.74, 6) is 1.40. The summed E-state index contributed by atoms with van der Waals surface area (Å²) in [6, 6.07) is 5.86. The molecule has 4 nitrogen and oxygen atoms in total. The molecule has 84 valence electrons. The first kappa shape index (κ1) is 11.1. The number of ether oxygens (including phenoxy) is 1. The normalized spacial score (nSPS) is 15.4. The number of halogens is 1. The molecule has 2 rings (SSSR count). The van der Waals surface area contributed by atoms with Crippen molar-refractivity contribution in [3.05, 3.63) is 28.2 Å². The number of methoxy groups -OCH3 is 1. The van der Waals surface area contributed by atoms with Gasteiger partial charge in [0.15, 0.2) is 0 Å². The Kier molecular flexibility index (Phi) is 3.24. The maximum absolute atomic E-state index is 5.56. The number of nitrogens with two attached hydrogens (primary N) is 1. The van der Waals surface area contributed by atoms with Crippen LogP contribution in [-0.4, -0.2) is 18.7 Å². The maximum Gasteiger partial charge on any atom is 0.133 e. The summed E-state index contributed by atoms with van der Waals surface area (Å²) >= 11 is 3.45. The first-order valence-corrected chi connectivity index (χ1v) is 5.73. The zero-order valence-electron chi connectivity index (χ0n) is 8.90. The van der Waals surface area contributed by atoms with Gasteiger partial charge in [-0.25, -0.2) is 0 Å². The molecule has 1 aromatic rings. The Balaban J connectivity index is 2.32. The largest absolute Gasteiger partial charge is 0.496 e. The van der Waals surface area contributed by atoms with E-state index in [4.69, 9.17) is 10.5 Å². The van der Waals surface area contributed by atoms with Crippen LogP contribution in [0.5, 0.6) is 5.75 Å². The Labute approximate surface area is 102 Å². The molecule has 1 aliphatic heterocycles. The highest BCUT2D eigenvalue weighted by molar-refractivity contribution is 9.10. The van der Waals surface area contributed by atoms with E-state index in [1.165, 1.54) is 0 Å². The monoisotopic (exact) mass is 281 g/mol. The van der Waals surface area contributed by atoms with Crippen molar-refractivity contribution < 1.29 is 4.74 Å². The van der Waals surface area contributed by atoms with Crippen molar-refractivity contribution in [2.45, 2.75) is 12.8 Å². The summed E-state index contributed by atoms with van der Waals surface area (Å²) in [6.45, 7) is 0. The van der Waals surface area contributed by atoms with Gasteiger partial charge < -0.3 is 10.5 Å². The van der Waals surface area contributed by atoms with Crippen LogP contribution < -0.4 is 10.5 Å². The molecular weight excluding hydrogens is 270 g/mol. The average Bonchev–Trinajstić information content (AvgIpc) is 2.30. The molecule has 0 saturated carbocycles. The molecule has 0 radical (unpaired) electrons. The number of amidine groups is 1. The van der Waals surface area contributed by atoms with Gasteiger partial charge in [0.25, 0.3) is 0 Å². The molecule has 1 aliphatic rings. The fourth-order valence-electron chi connectivity index (χ4n) is 1.52. The lowest BCUT2D eigenvalue weighted by molar-refractivity contribution is 0.412. The summed E-state index contributed by atoms with van der Waals surface area (Å²) in [5.41, 5.74) is 7.57. The van der Waals surface area contributed by atoms with E-state index in [0.717, 1.165) is 34.3 Å². The molecule has 0 unspecified atom stereocenters. The zero-order chi connectivity index (χ0) is 11.5. The van der Waals surface area contributed by atoms with Gasteiger partial charge in [-0.2, -0.15) is 5.10 Å². The van der Waals surface area contributed by atoms with Crippen molar-refractivity contribution in [1.29, 1.82) is 0 Å². The van der Waals surface area contributed by atoms with E-state index >= 15 is 0 Å². The topological polar surface area (TPSA) is 60.0 Å². The second kappa shape index (κ2) is 4.65. The van der Waals surface area contributed by atoms with Gasteiger partial charge in [0.1, 0.15) is 11.6 Å². The van der Waals surface area contributed by atoms with Gasteiger partial charge in [0.05, 0.1) is 17.3 Å². The van der Waals surface area contributed by atoms with Gasteiger partial charge in [-0.05, 0) is 46.1 Å². The van der Waals surface area contributed by atoms with Crippen LogP contribution in [0.4, 0.5) is 0 Å². The van der Waals surface area contributed by atoms with Crippen LogP contribution in [0, 0.1) is 0 Å². The van der Waals surface area contributed by atoms with Crippen LogP contribution in [0.15, 0.2) is 32.9 Å².